The zero-order chi connectivity index (χ0) is 16.3. The predicted octanol–water partition coefficient (Wildman–Crippen LogP) is 4.43. The molecule has 0 saturated carbocycles. The summed E-state index contributed by atoms with van der Waals surface area (Å²) in [5, 5.41) is 3.07. The number of hydrogen-bond donors (Lipinski definition) is 1. The van der Waals surface area contributed by atoms with Gasteiger partial charge in [-0.15, -0.1) is 11.3 Å². The van der Waals surface area contributed by atoms with Crippen LogP contribution in [0.2, 0.25) is 0 Å². The van der Waals surface area contributed by atoms with Gasteiger partial charge in [-0.1, -0.05) is 24.6 Å². The third-order valence-corrected chi connectivity index (χ3v) is 4.92. The molecule has 1 aromatic carbocycles. The number of rotatable bonds is 5. The number of carbonyl (C=O) groups is 1. The average Bonchev–Trinajstić information content (AvgIpc) is 2.88. The van der Waals surface area contributed by atoms with Crippen LogP contribution < -0.4 is 10.1 Å². The standard InChI is InChI=1S/C18H23NO2S/c1-6-14-10-17(22-13(14)4)18(20)19-12(3)15-9-11(2)7-8-16(15)21-5/h7-10,12H,6H2,1-5H3,(H,19,20). The second-order valence-electron chi connectivity index (χ2n) is 5.49. The fourth-order valence-corrected chi connectivity index (χ4v) is 3.54. The van der Waals surface area contributed by atoms with Crippen molar-refractivity contribution in [1.82, 2.24) is 5.32 Å². The van der Waals surface area contributed by atoms with Gasteiger partial charge in [0.25, 0.3) is 5.91 Å². The first-order chi connectivity index (χ1) is 10.5. The second kappa shape index (κ2) is 6.97. The molecule has 1 N–H and O–H groups in total. The van der Waals surface area contributed by atoms with E-state index in [0.29, 0.717) is 0 Å². The van der Waals surface area contributed by atoms with Crippen LogP contribution in [0.5, 0.6) is 5.75 Å². The van der Waals surface area contributed by atoms with E-state index in [-0.39, 0.29) is 11.9 Å². The lowest BCUT2D eigenvalue weighted by Gasteiger charge is -2.17. The number of ether oxygens (including phenoxy) is 1. The van der Waals surface area contributed by atoms with Gasteiger partial charge in [-0.3, -0.25) is 4.79 Å². The number of benzene rings is 1. The smallest absolute Gasteiger partial charge is 0.261 e. The molecular weight excluding hydrogens is 294 g/mol. The molecule has 1 atom stereocenters. The molecule has 0 radical (unpaired) electrons. The van der Waals surface area contributed by atoms with Gasteiger partial charge in [0.1, 0.15) is 5.75 Å². The number of carbonyl (C=O) groups excluding carboxylic acids is 1. The quantitative estimate of drug-likeness (QED) is 0.886. The molecule has 1 amide bonds. The van der Waals surface area contributed by atoms with E-state index in [1.54, 1.807) is 18.4 Å². The molecule has 0 fully saturated rings. The summed E-state index contributed by atoms with van der Waals surface area (Å²) < 4.78 is 5.40. The fourth-order valence-electron chi connectivity index (χ4n) is 2.52. The van der Waals surface area contributed by atoms with Crippen molar-refractivity contribution < 1.29 is 9.53 Å². The minimum atomic E-state index is -0.102. The van der Waals surface area contributed by atoms with Gasteiger partial charge < -0.3 is 10.1 Å². The Balaban J connectivity index is 2.19. The molecule has 118 valence electrons. The molecule has 2 rings (SSSR count). The highest BCUT2D eigenvalue weighted by Crippen LogP contribution is 2.27. The van der Waals surface area contributed by atoms with Crippen molar-refractivity contribution in [2.24, 2.45) is 0 Å². The molecule has 1 unspecified atom stereocenters. The van der Waals surface area contributed by atoms with Crippen molar-refractivity contribution >= 4 is 17.2 Å². The van der Waals surface area contributed by atoms with Crippen molar-refractivity contribution in [3.05, 3.63) is 50.7 Å². The lowest BCUT2D eigenvalue weighted by Crippen LogP contribution is -2.26. The van der Waals surface area contributed by atoms with E-state index in [1.807, 2.05) is 32.0 Å². The molecule has 2 aromatic rings. The summed E-state index contributed by atoms with van der Waals surface area (Å²) in [7, 11) is 1.65. The van der Waals surface area contributed by atoms with Crippen LogP contribution in [0.1, 0.15) is 51.1 Å². The Bertz CT molecular complexity index is 676. The third kappa shape index (κ3) is 3.50. The Morgan fingerprint density at radius 2 is 2.05 bits per heavy atom. The van der Waals surface area contributed by atoms with Crippen LogP contribution in [0.4, 0.5) is 0 Å². The number of hydrogen-bond acceptors (Lipinski definition) is 3. The first kappa shape index (κ1) is 16.6. The monoisotopic (exact) mass is 317 g/mol. The van der Waals surface area contributed by atoms with Crippen LogP contribution in [-0.2, 0) is 6.42 Å². The maximum atomic E-state index is 12.5. The number of amides is 1. The fraction of sp³-hybridized carbons (Fsp3) is 0.389. The molecule has 1 aromatic heterocycles. The van der Waals surface area contributed by atoms with E-state index in [2.05, 4.69) is 25.2 Å². The van der Waals surface area contributed by atoms with Crippen LogP contribution in [0.15, 0.2) is 24.3 Å². The zero-order valence-corrected chi connectivity index (χ0v) is 14.6. The highest BCUT2D eigenvalue weighted by Gasteiger charge is 2.17. The summed E-state index contributed by atoms with van der Waals surface area (Å²) in [5.74, 6) is 0.777. The largest absolute Gasteiger partial charge is 0.496 e. The van der Waals surface area contributed by atoms with E-state index >= 15 is 0 Å². The van der Waals surface area contributed by atoms with Gasteiger partial charge in [-0.25, -0.2) is 0 Å². The topological polar surface area (TPSA) is 38.3 Å². The van der Waals surface area contributed by atoms with Gasteiger partial charge >= 0.3 is 0 Å². The predicted molar refractivity (Wildman–Crippen MR) is 92.0 cm³/mol. The lowest BCUT2D eigenvalue weighted by atomic mass is 10.0. The highest BCUT2D eigenvalue weighted by molar-refractivity contribution is 7.14. The Morgan fingerprint density at radius 1 is 1.32 bits per heavy atom. The Kier molecular flexibility index (Phi) is 5.24. The van der Waals surface area contributed by atoms with E-state index in [9.17, 15) is 4.79 Å². The van der Waals surface area contributed by atoms with Crippen LogP contribution >= 0.6 is 11.3 Å². The van der Waals surface area contributed by atoms with Crippen molar-refractivity contribution in [3.8, 4) is 5.75 Å². The molecular formula is C18H23NO2S. The van der Waals surface area contributed by atoms with Gasteiger partial charge in [0.2, 0.25) is 0 Å². The minimum Gasteiger partial charge on any atom is -0.496 e. The average molecular weight is 317 g/mol. The van der Waals surface area contributed by atoms with E-state index in [0.717, 1.165) is 28.2 Å². The first-order valence-electron chi connectivity index (χ1n) is 7.51. The summed E-state index contributed by atoms with van der Waals surface area (Å²) in [5.41, 5.74) is 3.40. The second-order valence-corrected chi connectivity index (χ2v) is 6.74. The normalized spacial score (nSPS) is 12.0. The maximum Gasteiger partial charge on any atom is 0.261 e. The van der Waals surface area contributed by atoms with E-state index in [4.69, 9.17) is 4.74 Å². The first-order valence-corrected chi connectivity index (χ1v) is 8.32. The van der Waals surface area contributed by atoms with E-state index in [1.165, 1.54) is 10.4 Å². The summed E-state index contributed by atoms with van der Waals surface area (Å²) in [6, 6.07) is 7.90. The molecule has 1 heterocycles. The Hall–Kier alpha value is -1.81. The SMILES string of the molecule is CCc1cc(C(=O)NC(C)c2cc(C)ccc2OC)sc1C. The van der Waals surface area contributed by atoms with Gasteiger partial charge in [-0.2, -0.15) is 0 Å². The molecule has 0 saturated heterocycles. The molecule has 0 aliphatic rings. The number of nitrogens with one attached hydrogen (secondary N) is 1. The van der Waals surface area contributed by atoms with E-state index < -0.39 is 0 Å². The van der Waals surface area contributed by atoms with Crippen molar-refractivity contribution in [2.45, 2.75) is 40.2 Å². The third-order valence-electron chi connectivity index (χ3n) is 3.82. The van der Waals surface area contributed by atoms with Crippen LogP contribution in [0.3, 0.4) is 0 Å². The van der Waals surface area contributed by atoms with Crippen LogP contribution in [-0.4, -0.2) is 13.0 Å². The summed E-state index contributed by atoms with van der Waals surface area (Å²) in [6.45, 7) is 8.19. The van der Waals surface area contributed by atoms with Gasteiger partial charge in [0, 0.05) is 10.4 Å². The van der Waals surface area contributed by atoms with Gasteiger partial charge in [-0.05, 0) is 44.9 Å². The lowest BCUT2D eigenvalue weighted by molar-refractivity contribution is 0.0943. The van der Waals surface area contributed by atoms with Crippen LogP contribution in [0, 0.1) is 13.8 Å². The van der Waals surface area contributed by atoms with Crippen LogP contribution in [0.25, 0.3) is 0 Å². The zero-order valence-electron chi connectivity index (χ0n) is 13.8. The molecule has 22 heavy (non-hydrogen) atoms. The molecule has 0 aliphatic heterocycles. The summed E-state index contributed by atoms with van der Waals surface area (Å²) >= 11 is 1.55. The maximum absolute atomic E-state index is 12.5. The minimum absolute atomic E-state index is 0.0242. The van der Waals surface area contributed by atoms with Crippen molar-refractivity contribution in [1.29, 1.82) is 0 Å². The highest BCUT2D eigenvalue weighted by atomic mass is 32.1. The molecule has 3 nitrogen and oxygen atoms in total. The summed E-state index contributed by atoms with van der Waals surface area (Å²) in [6.07, 6.45) is 0.955. The van der Waals surface area contributed by atoms with Gasteiger partial charge in [0.05, 0.1) is 18.0 Å². The Labute approximate surface area is 136 Å². The van der Waals surface area contributed by atoms with Crippen molar-refractivity contribution in [2.75, 3.05) is 7.11 Å². The van der Waals surface area contributed by atoms with Gasteiger partial charge in [0.15, 0.2) is 0 Å². The molecule has 0 bridgehead atoms. The number of thiophene rings is 1. The van der Waals surface area contributed by atoms with Crippen molar-refractivity contribution in [3.63, 3.8) is 0 Å². The molecule has 4 heteroatoms. The summed E-state index contributed by atoms with van der Waals surface area (Å²) in [4.78, 5) is 14.4. The number of methoxy groups -OCH3 is 1. The number of aryl methyl sites for hydroxylation is 3. The molecule has 0 spiro atoms. The molecule has 0 aliphatic carbocycles. The Morgan fingerprint density at radius 3 is 2.64 bits per heavy atom.